The van der Waals surface area contributed by atoms with Crippen LogP contribution in [0.2, 0.25) is 0 Å². The summed E-state index contributed by atoms with van der Waals surface area (Å²) in [5.41, 5.74) is -0.632. The summed E-state index contributed by atoms with van der Waals surface area (Å²) in [5, 5.41) is 20.0. The number of nitrogens with one attached hydrogen (secondary N) is 2. The average Bonchev–Trinajstić information content (AvgIpc) is 2.95. The molecule has 0 fully saturated rings. The van der Waals surface area contributed by atoms with Gasteiger partial charge in [0.25, 0.3) is 0 Å². The number of hydrogen-bond acceptors (Lipinski definition) is 4. The molecule has 1 aromatic carbocycles. The molecule has 1 heterocycles. The number of hydrogen-bond donors (Lipinski definition) is 2. The van der Waals surface area contributed by atoms with Crippen molar-refractivity contribution >= 4 is 11.9 Å². The molecule has 0 bridgehead atoms. The zero-order valence-electron chi connectivity index (χ0n) is 13.0. The number of anilines is 1. The average molecular weight is 347 g/mol. The second-order valence-electron chi connectivity index (χ2n) is 5.31. The van der Waals surface area contributed by atoms with Gasteiger partial charge < -0.3 is 4.98 Å². The van der Waals surface area contributed by atoms with Crippen molar-refractivity contribution in [3.63, 3.8) is 0 Å². The Kier molecular flexibility index (Phi) is 5.08. The Bertz CT molecular complexity index is 842. The number of imidazole rings is 1. The van der Waals surface area contributed by atoms with Crippen molar-refractivity contribution in [3.8, 4) is 12.1 Å². The SMILES string of the molecule is C[C@@H](CC(=O)Nc1nc(C#N)c(C#N)[nH]1)c1cccc(C(F)(F)F)c1. The largest absolute Gasteiger partial charge is 0.416 e. The Morgan fingerprint density at radius 2 is 2.08 bits per heavy atom. The first-order valence-electron chi connectivity index (χ1n) is 7.11. The second kappa shape index (κ2) is 7.05. The minimum Gasteiger partial charge on any atom is -0.314 e. The number of H-pyrrole nitrogens is 1. The highest BCUT2D eigenvalue weighted by Gasteiger charge is 2.30. The van der Waals surface area contributed by atoms with Crippen molar-refractivity contribution in [2.45, 2.75) is 25.4 Å². The minimum absolute atomic E-state index is 0.0608. The third-order valence-corrected chi connectivity index (χ3v) is 3.45. The highest BCUT2D eigenvalue weighted by molar-refractivity contribution is 5.89. The van der Waals surface area contributed by atoms with Crippen molar-refractivity contribution in [1.82, 2.24) is 9.97 Å². The van der Waals surface area contributed by atoms with E-state index >= 15 is 0 Å². The number of amides is 1. The van der Waals surface area contributed by atoms with Crippen LogP contribution in [0, 0.1) is 22.7 Å². The normalized spacial score (nSPS) is 12.1. The van der Waals surface area contributed by atoms with Crippen molar-refractivity contribution in [1.29, 1.82) is 10.5 Å². The number of halogens is 3. The summed E-state index contributed by atoms with van der Waals surface area (Å²) < 4.78 is 38.2. The Morgan fingerprint density at radius 1 is 1.36 bits per heavy atom. The summed E-state index contributed by atoms with van der Waals surface area (Å²) in [5.74, 6) is -1.04. The van der Waals surface area contributed by atoms with E-state index in [4.69, 9.17) is 10.5 Å². The first-order valence-corrected chi connectivity index (χ1v) is 7.11. The molecular weight excluding hydrogens is 335 g/mol. The number of nitrogens with zero attached hydrogens (tertiary/aromatic N) is 3. The van der Waals surface area contributed by atoms with Crippen LogP contribution in [0.4, 0.5) is 19.1 Å². The smallest absolute Gasteiger partial charge is 0.314 e. The third kappa shape index (κ3) is 4.36. The van der Waals surface area contributed by atoms with Gasteiger partial charge in [0.15, 0.2) is 11.4 Å². The maximum atomic E-state index is 12.7. The molecule has 0 aliphatic carbocycles. The molecule has 2 N–H and O–H groups in total. The molecule has 0 saturated heterocycles. The molecule has 128 valence electrons. The van der Waals surface area contributed by atoms with Crippen molar-refractivity contribution in [3.05, 3.63) is 46.8 Å². The van der Waals surface area contributed by atoms with Gasteiger partial charge in [-0.05, 0) is 17.5 Å². The molecule has 0 aliphatic rings. The van der Waals surface area contributed by atoms with Crippen LogP contribution in [0.15, 0.2) is 24.3 Å². The Balaban J connectivity index is 2.07. The molecule has 6 nitrogen and oxygen atoms in total. The molecule has 25 heavy (non-hydrogen) atoms. The van der Waals surface area contributed by atoms with Crippen molar-refractivity contribution in [2.24, 2.45) is 0 Å². The fourth-order valence-corrected chi connectivity index (χ4v) is 2.19. The number of alkyl halides is 3. The van der Waals surface area contributed by atoms with Gasteiger partial charge in [-0.3, -0.25) is 10.1 Å². The highest BCUT2D eigenvalue weighted by Crippen LogP contribution is 2.31. The van der Waals surface area contributed by atoms with Gasteiger partial charge in [-0.15, -0.1) is 0 Å². The number of aromatic nitrogens is 2. The quantitative estimate of drug-likeness (QED) is 0.885. The molecule has 0 unspecified atom stereocenters. The van der Waals surface area contributed by atoms with E-state index in [1.54, 1.807) is 19.1 Å². The van der Waals surface area contributed by atoms with E-state index in [0.717, 1.165) is 12.1 Å². The topological polar surface area (TPSA) is 105 Å². The Hall–Kier alpha value is -3.33. The monoisotopic (exact) mass is 347 g/mol. The molecule has 0 aliphatic heterocycles. The lowest BCUT2D eigenvalue weighted by atomic mass is 9.95. The predicted molar refractivity (Wildman–Crippen MR) is 81.1 cm³/mol. The lowest BCUT2D eigenvalue weighted by Crippen LogP contribution is -2.15. The van der Waals surface area contributed by atoms with Crippen LogP contribution in [-0.4, -0.2) is 15.9 Å². The lowest BCUT2D eigenvalue weighted by Gasteiger charge is -2.14. The summed E-state index contributed by atoms with van der Waals surface area (Å²) in [6, 6.07) is 8.21. The summed E-state index contributed by atoms with van der Waals surface area (Å²) in [4.78, 5) is 18.2. The number of carbonyl (C=O) groups is 1. The molecule has 0 saturated carbocycles. The van der Waals surface area contributed by atoms with Crippen LogP contribution < -0.4 is 5.32 Å². The molecule has 2 rings (SSSR count). The van der Waals surface area contributed by atoms with Crippen molar-refractivity contribution in [2.75, 3.05) is 5.32 Å². The van der Waals surface area contributed by atoms with Gasteiger partial charge >= 0.3 is 6.18 Å². The Morgan fingerprint density at radius 3 is 2.64 bits per heavy atom. The number of nitriles is 2. The van der Waals surface area contributed by atoms with Crippen LogP contribution in [0.5, 0.6) is 0 Å². The Labute approximate surface area is 140 Å². The third-order valence-electron chi connectivity index (χ3n) is 3.45. The fraction of sp³-hybridized carbons (Fsp3) is 0.250. The van der Waals surface area contributed by atoms with Crippen LogP contribution in [0.1, 0.15) is 41.8 Å². The van der Waals surface area contributed by atoms with Gasteiger partial charge in [0.2, 0.25) is 11.9 Å². The summed E-state index contributed by atoms with van der Waals surface area (Å²) in [6.45, 7) is 1.62. The molecule has 1 atom stereocenters. The highest BCUT2D eigenvalue weighted by atomic mass is 19.4. The second-order valence-corrected chi connectivity index (χ2v) is 5.31. The molecule has 2 aromatic rings. The first-order chi connectivity index (χ1) is 11.7. The van der Waals surface area contributed by atoms with E-state index in [1.807, 2.05) is 0 Å². The van der Waals surface area contributed by atoms with Crippen molar-refractivity contribution < 1.29 is 18.0 Å². The molecular formula is C16H12F3N5O. The molecule has 1 amide bonds. The van der Waals surface area contributed by atoms with Gasteiger partial charge in [0, 0.05) is 6.42 Å². The lowest BCUT2D eigenvalue weighted by molar-refractivity contribution is -0.137. The van der Waals surface area contributed by atoms with E-state index in [0.29, 0.717) is 5.56 Å². The molecule has 0 radical (unpaired) electrons. The zero-order chi connectivity index (χ0) is 18.6. The van der Waals surface area contributed by atoms with Gasteiger partial charge in [-0.25, -0.2) is 4.98 Å². The summed E-state index contributed by atoms with van der Waals surface area (Å²) in [7, 11) is 0. The minimum atomic E-state index is -4.45. The molecule has 1 aromatic heterocycles. The van der Waals surface area contributed by atoms with Crippen LogP contribution >= 0.6 is 0 Å². The van der Waals surface area contributed by atoms with Gasteiger partial charge in [0.05, 0.1) is 5.56 Å². The maximum absolute atomic E-state index is 12.7. The van der Waals surface area contributed by atoms with Crippen LogP contribution in [-0.2, 0) is 11.0 Å². The zero-order valence-corrected chi connectivity index (χ0v) is 13.0. The van der Waals surface area contributed by atoms with Gasteiger partial charge in [-0.2, -0.15) is 23.7 Å². The summed E-state index contributed by atoms with van der Waals surface area (Å²) in [6.07, 6.45) is -4.54. The van der Waals surface area contributed by atoms with E-state index in [1.165, 1.54) is 12.1 Å². The van der Waals surface area contributed by atoms with E-state index < -0.39 is 23.6 Å². The van der Waals surface area contributed by atoms with Gasteiger partial charge in [-0.1, -0.05) is 25.1 Å². The van der Waals surface area contributed by atoms with E-state index in [9.17, 15) is 18.0 Å². The molecule has 9 heteroatoms. The standard InChI is InChI=1S/C16H12F3N5O/c1-9(10-3-2-4-11(6-10)16(17,18)19)5-14(25)24-15-22-12(7-20)13(8-21)23-15/h2-4,6,9H,5H2,1H3,(H2,22,23,24,25)/t9-/m0/s1. The van der Waals surface area contributed by atoms with Gasteiger partial charge in [0.1, 0.15) is 12.1 Å². The van der Waals surface area contributed by atoms with E-state index in [-0.39, 0.29) is 23.8 Å². The van der Waals surface area contributed by atoms with Crippen LogP contribution in [0.3, 0.4) is 0 Å². The first kappa shape index (κ1) is 18.0. The number of carbonyl (C=O) groups excluding carboxylic acids is 1. The predicted octanol–water partition coefficient (Wildman–Crippen LogP) is 3.30. The fourth-order valence-electron chi connectivity index (χ4n) is 2.19. The number of rotatable bonds is 4. The number of aromatic amines is 1. The van der Waals surface area contributed by atoms with Crippen LogP contribution in [0.25, 0.3) is 0 Å². The maximum Gasteiger partial charge on any atom is 0.416 e. The molecule has 0 spiro atoms. The number of benzene rings is 1. The summed E-state index contributed by atoms with van der Waals surface area (Å²) >= 11 is 0. The van der Waals surface area contributed by atoms with E-state index in [2.05, 4.69) is 15.3 Å².